The lowest BCUT2D eigenvalue weighted by Crippen LogP contribution is -2.55. The van der Waals surface area contributed by atoms with E-state index in [0.717, 1.165) is 12.2 Å². The average Bonchev–Trinajstić information content (AvgIpc) is 2.65. The summed E-state index contributed by atoms with van der Waals surface area (Å²) in [4.78, 5) is 33.5. The molecule has 2 rings (SSSR count). The number of piperazine rings is 1. The lowest BCUT2D eigenvalue weighted by Gasteiger charge is -2.38. The lowest BCUT2D eigenvalue weighted by molar-refractivity contribution is -0.148. The average molecular weight is 348 g/mol. The van der Waals surface area contributed by atoms with Crippen molar-refractivity contribution in [1.82, 2.24) is 15.2 Å². The van der Waals surface area contributed by atoms with Crippen molar-refractivity contribution in [3.63, 3.8) is 0 Å². The van der Waals surface area contributed by atoms with Crippen molar-refractivity contribution in [1.29, 1.82) is 0 Å². The summed E-state index contributed by atoms with van der Waals surface area (Å²) in [7, 11) is 1.62. The number of hydrogen-bond acceptors (Lipinski definition) is 5. The summed E-state index contributed by atoms with van der Waals surface area (Å²) in [5.41, 5.74) is -1.07. The van der Waals surface area contributed by atoms with Gasteiger partial charge in [-0.05, 0) is 32.4 Å². The van der Waals surface area contributed by atoms with Crippen LogP contribution in [0.2, 0.25) is 0 Å². The van der Waals surface area contributed by atoms with Crippen LogP contribution in [-0.4, -0.2) is 68.1 Å². The highest BCUT2D eigenvalue weighted by Crippen LogP contribution is 2.21. The quantitative estimate of drug-likeness (QED) is 0.586. The van der Waals surface area contributed by atoms with Gasteiger partial charge in [0.25, 0.3) is 0 Å². The van der Waals surface area contributed by atoms with Gasteiger partial charge in [-0.1, -0.05) is 6.07 Å². The molecular weight excluding hydrogens is 320 g/mol. The highest BCUT2D eigenvalue weighted by Gasteiger charge is 2.39. The number of methoxy groups -OCH3 is 1. The van der Waals surface area contributed by atoms with Gasteiger partial charge in [0.2, 0.25) is 11.8 Å². The number of nitrogens with one attached hydrogen (secondary N) is 1. The fourth-order valence-corrected chi connectivity index (χ4v) is 2.81. The van der Waals surface area contributed by atoms with Crippen molar-refractivity contribution in [3.05, 3.63) is 24.4 Å². The Morgan fingerprint density at radius 2 is 1.96 bits per heavy atom. The molecule has 1 aliphatic heterocycles. The van der Waals surface area contributed by atoms with Crippen molar-refractivity contribution < 1.29 is 14.3 Å². The Hall–Kier alpha value is -2.15. The van der Waals surface area contributed by atoms with Crippen molar-refractivity contribution >= 4 is 17.6 Å². The van der Waals surface area contributed by atoms with E-state index in [1.54, 1.807) is 32.1 Å². The normalized spacial score (nSPS) is 15.2. The molecule has 1 aliphatic rings. The predicted molar refractivity (Wildman–Crippen MR) is 96.3 cm³/mol. The molecule has 0 aromatic carbocycles. The molecule has 0 radical (unpaired) electrons. The number of rotatable bonds is 7. The highest BCUT2D eigenvalue weighted by molar-refractivity contribution is 6.04. The molecule has 25 heavy (non-hydrogen) atoms. The summed E-state index contributed by atoms with van der Waals surface area (Å²) < 4.78 is 4.96. The van der Waals surface area contributed by atoms with E-state index in [-0.39, 0.29) is 11.8 Å². The summed E-state index contributed by atoms with van der Waals surface area (Å²) in [6, 6.07) is 5.81. The summed E-state index contributed by atoms with van der Waals surface area (Å²) in [5.74, 6) is 0.558. The first-order valence-electron chi connectivity index (χ1n) is 8.69. The molecule has 0 bridgehead atoms. The molecule has 2 heterocycles. The summed E-state index contributed by atoms with van der Waals surface area (Å²) in [5, 5.41) is 2.83. The molecule has 0 aliphatic carbocycles. The topological polar surface area (TPSA) is 74.8 Å². The Bertz CT molecular complexity index is 569. The van der Waals surface area contributed by atoms with Crippen LogP contribution in [0.1, 0.15) is 20.3 Å². The predicted octanol–water partition coefficient (Wildman–Crippen LogP) is 0.909. The monoisotopic (exact) mass is 348 g/mol. The van der Waals surface area contributed by atoms with Crippen LogP contribution >= 0.6 is 0 Å². The minimum Gasteiger partial charge on any atom is -0.385 e. The third-order valence-corrected chi connectivity index (χ3v) is 4.45. The van der Waals surface area contributed by atoms with E-state index >= 15 is 0 Å². The molecule has 1 N–H and O–H groups in total. The molecule has 0 unspecified atom stereocenters. The molecule has 1 aromatic rings. The molecule has 0 saturated carbocycles. The van der Waals surface area contributed by atoms with Gasteiger partial charge in [0.1, 0.15) is 11.2 Å². The van der Waals surface area contributed by atoms with Gasteiger partial charge in [-0.2, -0.15) is 0 Å². The van der Waals surface area contributed by atoms with Crippen molar-refractivity contribution in [3.8, 4) is 0 Å². The molecule has 0 atom stereocenters. The fourth-order valence-electron chi connectivity index (χ4n) is 2.81. The zero-order valence-electron chi connectivity index (χ0n) is 15.3. The van der Waals surface area contributed by atoms with Crippen LogP contribution in [-0.2, 0) is 14.3 Å². The minimum atomic E-state index is -1.07. The number of pyridine rings is 1. The molecule has 138 valence electrons. The second kappa shape index (κ2) is 8.80. The van der Waals surface area contributed by atoms with Gasteiger partial charge in [-0.15, -0.1) is 0 Å². The third kappa shape index (κ3) is 4.92. The second-order valence-corrected chi connectivity index (χ2v) is 6.69. The summed E-state index contributed by atoms with van der Waals surface area (Å²) in [6.45, 7) is 7.09. The SMILES string of the molecule is COCCCNC(=O)C(C)(C)C(=O)N1CCN(c2ccccn2)CC1. The fraction of sp³-hybridized carbons (Fsp3) is 0.611. The standard InChI is InChI=1S/C18H28N4O3/c1-18(2,16(23)20-9-6-14-25-3)17(24)22-12-10-21(11-13-22)15-7-4-5-8-19-15/h4-5,7-8H,6,9-14H2,1-3H3,(H,20,23). The molecule has 7 nitrogen and oxygen atoms in total. The maximum absolute atomic E-state index is 12.8. The van der Waals surface area contributed by atoms with Gasteiger partial charge in [-0.25, -0.2) is 4.98 Å². The van der Waals surface area contributed by atoms with Gasteiger partial charge in [0.15, 0.2) is 0 Å². The zero-order chi connectivity index (χ0) is 18.3. The van der Waals surface area contributed by atoms with Gasteiger partial charge in [-0.3, -0.25) is 9.59 Å². The van der Waals surface area contributed by atoms with Gasteiger partial charge < -0.3 is 19.9 Å². The van der Waals surface area contributed by atoms with Gasteiger partial charge >= 0.3 is 0 Å². The van der Waals surface area contributed by atoms with Crippen molar-refractivity contribution in [2.75, 3.05) is 51.3 Å². The number of aromatic nitrogens is 1. The number of ether oxygens (including phenoxy) is 1. The number of anilines is 1. The molecule has 1 aromatic heterocycles. The Morgan fingerprint density at radius 3 is 2.56 bits per heavy atom. The first kappa shape index (κ1) is 19.2. The summed E-state index contributed by atoms with van der Waals surface area (Å²) in [6.07, 6.45) is 2.50. The van der Waals surface area contributed by atoms with Crippen molar-refractivity contribution in [2.45, 2.75) is 20.3 Å². The van der Waals surface area contributed by atoms with Crippen LogP contribution in [0.4, 0.5) is 5.82 Å². The van der Waals surface area contributed by atoms with Crippen molar-refractivity contribution in [2.24, 2.45) is 5.41 Å². The minimum absolute atomic E-state index is 0.127. The smallest absolute Gasteiger partial charge is 0.237 e. The zero-order valence-corrected chi connectivity index (χ0v) is 15.3. The molecule has 1 fully saturated rings. The maximum atomic E-state index is 12.8. The summed E-state index contributed by atoms with van der Waals surface area (Å²) >= 11 is 0. The van der Waals surface area contributed by atoms with Crippen LogP contribution in [0.5, 0.6) is 0 Å². The first-order chi connectivity index (χ1) is 12.0. The van der Waals surface area contributed by atoms with Crippen LogP contribution < -0.4 is 10.2 Å². The van der Waals surface area contributed by atoms with Crippen LogP contribution in [0.3, 0.4) is 0 Å². The molecular formula is C18H28N4O3. The van der Waals surface area contributed by atoms with E-state index in [1.807, 2.05) is 18.2 Å². The Kier molecular flexibility index (Phi) is 6.75. The lowest BCUT2D eigenvalue weighted by atomic mass is 9.90. The van der Waals surface area contributed by atoms with Crippen LogP contribution in [0.25, 0.3) is 0 Å². The Balaban J connectivity index is 1.86. The van der Waals surface area contributed by atoms with Gasteiger partial charge in [0.05, 0.1) is 0 Å². The first-order valence-corrected chi connectivity index (χ1v) is 8.69. The van der Waals surface area contributed by atoms with E-state index in [1.165, 1.54) is 0 Å². The van der Waals surface area contributed by atoms with Gasteiger partial charge in [0, 0.05) is 52.6 Å². The molecule has 0 spiro atoms. The third-order valence-electron chi connectivity index (χ3n) is 4.45. The van der Waals surface area contributed by atoms with Crippen LogP contribution in [0.15, 0.2) is 24.4 Å². The molecule has 7 heteroatoms. The molecule has 2 amide bonds. The van der Waals surface area contributed by atoms with E-state index < -0.39 is 5.41 Å². The van der Waals surface area contributed by atoms with E-state index in [2.05, 4.69) is 15.2 Å². The Labute approximate surface area is 149 Å². The number of nitrogens with zero attached hydrogens (tertiary/aromatic N) is 3. The van der Waals surface area contributed by atoms with E-state index in [9.17, 15) is 9.59 Å². The highest BCUT2D eigenvalue weighted by atomic mass is 16.5. The second-order valence-electron chi connectivity index (χ2n) is 6.69. The van der Waals surface area contributed by atoms with Crippen LogP contribution in [0, 0.1) is 5.41 Å². The largest absolute Gasteiger partial charge is 0.385 e. The number of hydrogen-bond donors (Lipinski definition) is 1. The number of carbonyl (C=O) groups excluding carboxylic acids is 2. The molecule has 1 saturated heterocycles. The van der Waals surface area contributed by atoms with E-state index in [4.69, 9.17) is 4.74 Å². The number of carbonyl (C=O) groups is 2. The number of amides is 2. The maximum Gasteiger partial charge on any atom is 0.237 e. The van der Waals surface area contributed by atoms with E-state index in [0.29, 0.717) is 39.3 Å². The Morgan fingerprint density at radius 1 is 1.24 bits per heavy atom.